The summed E-state index contributed by atoms with van der Waals surface area (Å²) in [5.41, 5.74) is 1.04. The molecule has 0 aliphatic carbocycles. The van der Waals surface area contributed by atoms with E-state index < -0.39 is 0 Å². The van der Waals surface area contributed by atoms with Gasteiger partial charge in [-0.05, 0) is 23.3 Å². The molecule has 2 rings (SSSR count). The molecule has 0 saturated heterocycles. The monoisotopic (exact) mass is 285 g/mol. The molecule has 0 aromatic heterocycles. The maximum atomic E-state index is 11.8. The van der Waals surface area contributed by atoms with Crippen molar-refractivity contribution in [3.63, 3.8) is 0 Å². The van der Waals surface area contributed by atoms with Gasteiger partial charge >= 0.3 is 5.97 Å². The van der Waals surface area contributed by atoms with E-state index in [1.165, 1.54) is 0 Å². The molecule has 21 heavy (non-hydrogen) atoms. The number of nitrogens with one attached hydrogen (secondary N) is 1. The van der Waals surface area contributed by atoms with Crippen molar-refractivity contribution < 1.29 is 14.3 Å². The van der Waals surface area contributed by atoms with Crippen LogP contribution < -0.4 is 5.32 Å². The Morgan fingerprint density at radius 3 is 2.62 bits per heavy atom. The second-order valence-electron chi connectivity index (χ2n) is 4.87. The molecule has 0 aliphatic heterocycles. The zero-order chi connectivity index (χ0) is 15.2. The number of rotatable bonds is 5. The topological polar surface area (TPSA) is 55.4 Å². The summed E-state index contributed by atoms with van der Waals surface area (Å²) in [5, 5.41) is 5.09. The molecular weight excluding hydrogens is 266 g/mol. The SMILES string of the molecule is CCC(=O)OCC(=O)N[C@H](C)c1cccc2ccccc12. The predicted molar refractivity (Wildman–Crippen MR) is 81.8 cm³/mol. The maximum absolute atomic E-state index is 11.8. The highest BCUT2D eigenvalue weighted by Crippen LogP contribution is 2.23. The largest absolute Gasteiger partial charge is 0.456 e. The number of fused-ring (bicyclic) bond motifs is 1. The van der Waals surface area contributed by atoms with Crippen molar-refractivity contribution in [3.05, 3.63) is 48.0 Å². The van der Waals surface area contributed by atoms with Crippen molar-refractivity contribution >= 4 is 22.6 Å². The fraction of sp³-hybridized carbons (Fsp3) is 0.294. The van der Waals surface area contributed by atoms with Crippen molar-refractivity contribution in [1.82, 2.24) is 5.32 Å². The summed E-state index contributed by atoms with van der Waals surface area (Å²) in [6, 6.07) is 13.9. The first-order valence-electron chi connectivity index (χ1n) is 7.04. The average molecular weight is 285 g/mol. The fourth-order valence-corrected chi connectivity index (χ4v) is 2.24. The van der Waals surface area contributed by atoms with Gasteiger partial charge in [0.25, 0.3) is 5.91 Å². The van der Waals surface area contributed by atoms with Gasteiger partial charge in [-0.15, -0.1) is 0 Å². The lowest BCUT2D eigenvalue weighted by Gasteiger charge is -2.16. The first-order valence-corrected chi connectivity index (χ1v) is 7.04. The van der Waals surface area contributed by atoms with Crippen LogP contribution in [0.5, 0.6) is 0 Å². The summed E-state index contributed by atoms with van der Waals surface area (Å²) in [6.07, 6.45) is 0.270. The molecule has 110 valence electrons. The number of amides is 1. The van der Waals surface area contributed by atoms with Gasteiger partial charge in [0.2, 0.25) is 0 Å². The standard InChI is InChI=1S/C17H19NO3/c1-3-17(20)21-11-16(19)18-12(2)14-10-6-8-13-7-4-5-9-15(13)14/h4-10,12H,3,11H2,1-2H3,(H,18,19)/t12-/m1/s1. The van der Waals surface area contributed by atoms with Crippen LogP contribution in [0.1, 0.15) is 31.9 Å². The summed E-state index contributed by atoms with van der Waals surface area (Å²) in [4.78, 5) is 22.8. The molecule has 0 spiro atoms. The maximum Gasteiger partial charge on any atom is 0.306 e. The molecule has 0 radical (unpaired) electrons. The second kappa shape index (κ2) is 6.88. The first kappa shape index (κ1) is 15.0. The van der Waals surface area contributed by atoms with Crippen molar-refractivity contribution in [1.29, 1.82) is 0 Å². The Balaban J connectivity index is 2.07. The van der Waals surface area contributed by atoms with Crippen LogP contribution in [0, 0.1) is 0 Å². The highest BCUT2D eigenvalue weighted by atomic mass is 16.5. The number of benzene rings is 2. The summed E-state index contributed by atoms with van der Waals surface area (Å²) >= 11 is 0. The molecule has 4 nitrogen and oxygen atoms in total. The summed E-state index contributed by atoms with van der Waals surface area (Å²) < 4.78 is 4.83. The number of hydrogen-bond donors (Lipinski definition) is 1. The van der Waals surface area contributed by atoms with Crippen molar-refractivity contribution in [2.75, 3.05) is 6.61 Å². The number of carbonyl (C=O) groups excluding carboxylic acids is 2. The number of esters is 1. The molecule has 2 aromatic rings. The first-order chi connectivity index (χ1) is 10.1. The van der Waals surface area contributed by atoms with Gasteiger partial charge in [0.05, 0.1) is 6.04 Å². The molecule has 0 aliphatic rings. The highest BCUT2D eigenvalue weighted by Gasteiger charge is 2.13. The summed E-state index contributed by atoms with van der Waals surface area (Å²) in [6.45, 7) is 3.38. The third kappa shape index (κ3) is 3.81. The third-order valence-corrected chi connectivity index (χ3v) is 3.32. The van der Waals surface area contributed by atoms with Crippen LogP contribution in [-0.4, -0.2) is 18.5 Å². The van der Waals surface area contributed by atoms with E-state index in [1.807, 2.05) is 49.4 Å². The summed E-state index contributed by atoms with van der Waals surface area (Å²) in [7, 11) is 0. The van der Waals surface area contributed by atoms with Gasteiger partial charge in [-0.3, -0.25) is 9.59 Å². The van der Waals surface area contributed by atoms with Crippen molar-refractivity contribution in [2.24, 2.45) is 0 Å². The van der Waals surface area contributed by atoms with E-state index in [0.29, 0.717) is 0 Å². The highest BCUT2D eigenvalue weighted by molar-refractivity contribution is 5.87. The minimum atomic E-state index is -0.372. The van der Waals surface area contributed by atoms with E-state index in [4.69, 9.17) is 4.74 Å². The smallest absolute Gasteiger partial charge is 0.306 e. The van der Waals surface area contributed by atoms with E-state index in [9.17, 15) is 9.59 Å². The molecule has 4 heteroatoms. The normalized spacial score (nSPS) is 11.9. The van der Waals surface area contributed by atoms with E-state index in [0.717, 1.165) is 16.3 Å². The van der Waals surface area contributed by atoms with Crippen LogP contribution in [-0.2, 0) is 14.3 Å². The second-order valence-corrected chi connectivity index (χ2v) is 4.87. The lowest BCUT2D eigenvalue weighted by Crippen LogP contribution is -2.31. The van der Waals surface area contributed by atoms with E-state index >= 15 is 0 Å². The molecule has 0 bridgehead atoms. The average Bonchev–Trinajstić information content (AvgIpc) is 2.51. The Kier molecular flexibility index (Phi) is 4.93. The number of carbonyl (C=O) groups is 2. The predicted octanol–water partition coefficient (Wildman–Crippen LogP) is 2.97. The van der Waals surface area contributed by atoms with Gasteiger partial charge in [0, 0.05) is 6.42 Å². The Labute approximate surface area is 124 Å². The van der Waals surface area contributed by atoms with Crippen LogP contribution in [0.2, 0.25) is 0 Å². The minimum Gasteiger partial charge on any atom is -0.456 e. The molecule has 1 atom stereocenters. The van der Waals surface area contributed by atoms with Gasteiger partial charge in [0.1, 0.15) is 0 Å². The molecule has 0 heterocycles. The Hall–Kier alpha value is -2.36. The Morgan fingerprint density at radius 2 is 1.86 bits per heavy atom. The molecule has 0 unspecified atom stereocenters. The molecule has 1 N–H and O–H groups in total. The third-order valence-electron chi connectivity index (χ3n) is 3.32. The van der Waals surface area contributed by atoms with Crippen molar-refractivity contribution in [2.45, 2.75) is 26.3 Å². The fourth-order valence-electron chi connectivity index (χ4n) is 2.24. The molecule has 0 saturated carbocycles. The number of hydrogen-bond acceptors (Lipinski definition) is 3. The van der Waals surface area contributed by atoms with E-state index in [-0.39, 0.29) is 30.9 Å². The Bertz CT molecular complexity index is 646. The van der Waals surface area contributed by atoms with Crippen molar-refractivity contribution in [3.8, 4) is 0 Å². The molecule has 2 aromatic carbocycles. The lowest BCUT2D eigenvalue weighted by atomic mass is 10.00. The van der Waals surface area contributed by atoms with Crippen LogP contribution in [0.4, 0.5) is 0 Å². The zero-order valence-corrected chi connectivity index (χ0v) is 12.3. The van der Waals surface area contributed by atoms with Crippen LogP contribution >= 0.6 is 0 Å². The van der Waals surface area contributed by atoms with E-state index in [2.05, 4.69) is 5.32 Å². The minimum absolute atomic E-state index is 0.149. The van der Waals surface area contributed by atoms with Crippen LogP contribution in [0.15, 0.2) is 42.5 Å². The van der Waals surface area contributed by atoms with Crippen LogP contribution in [0.3, 0.4) is 0 Å². The lowest BCUT2D eigenvalue weighted by molar-refractivity contribution is -0.148. The van der Waals surface area contributed by atoms with Gasteiger partial charge in [-0.1, -0.05) is 49.4 Å². The molecule has 1 amide bonds. The van der Waals surface area contributed by atoms with Gasteiger partial charge < -0.3 is 10.1 Å². The van der Waals surface area contributed by atoms with Gasteiger partial charge in [-0.2, -0.15) is 0 Å². The van der Waals surface area contributed by atoms with Gasteiger partial charge in [-0.25, -0.2) is 0 Å². The summed E-state index contributed by atoms with van der Waals surface area (Å²) in [5.74, 6) is -0.666. The molecular formula is C17H19NO3. The van der Waals surface area contributed by atoms with Crippen LogP contribution in [0.25, 0.3) is 10.8 Å². The molecule has 0 fully saturated rings. The van der Waals surface area contributed by atoms with Gasteiger partial charge in [0.15, 0.2) is 6.61 Å². The van der Waals surface area contributed by atoms with E-state index in [1.54, 1.807) is 6.92 Å². The zero-order valence-electron chi connectivity index (χ0n) is 12.3. The quantitative estimate of drug-likeness (QED) is 0.859. The Morgan fingerprint density at radius 1 is 1.14 bits per heavy atom. The number of ether oxygens (including phenoxy) is 1.